The van der Waals surface area contributed by atoms with Gasteiger partial charge in [0, 0.05) is 38.6 Å². The lowest BCUT2D eigenvalue weighted by Crippen LogP contribution is -2.45. The highest BCUT2D eigenvalue weighted by atomic mass is 16.2. The first-order valence-corrected chi connectivity index (χ1v) is 9.86. The summed E-state index contributed by atoms with van der Waals surface area (Å²) in [6.07, 6.45) is 9.33. The first kappa shape index (κ1) is 19.1. The summed E-state index contributed by atoms with van der Waals surface area (Å²) in [5.74, 6) is 2.29. The van der Waals surface area contributed by atoms with Crippen molar-refractivity contribution in [3.8, 4) is 0 Å². The first-order chi connectivity index (χ1) is 11.6. The summed E-state index contributed by atoms with van der Waals surface area (Å²) in [4.78, 5) is 19.0. The smallest absolute Gasteiger partial charge is 0.225 e. The van der Waals surface area contributed by atoms with Crippen LogP contribution in [0.2, 0.25) is 0 Å². The molecule has 0 aromatic carbocycles. The van der Waals surface area contributed by atoms with Gasteiger partial charge < -0.3 is 15.5 Å². The number of aliphatic imine (C=N–C) groups is 1. The molecule has 2 N–H and O–H groups in total. The molecule has 0 aromatic heterocycles. The molecular weight excluding hydrogens is 300 g/mol. The normalized spacial score (nSPS) is 22.9. The van der Waals surface area contributed by atoms with Gasteiger partial charge in [-0.1, -0.05) is 33.1 Å². The van der Waals surface area contributed by atoms with E-state index in [1.807, 2.05) is 7.05 Å². The quantitative estimate of drug-likeness (QED) is 0.445. The minimum atomic E-state index is 0.283. The molecule has 1 heterocycles. The lowest BCUT2D eigenvalue weighted by molar-refractivity contribution is -0.135. The fraction of sp³-hybridized carbons (Fsp3) is 0.895. The molecule has 1 unspecified atom stereocenters. The van der Waals surface area contributed by atoms with Crippen molar-refractivity contribution in [2.45, 2.75) is 71.3 Å². The lowest BCUT2D eigenvalue weighted by atomic mass is 9.88. The van der Waals surface area contributed by atoms with Crippen LogP contribution in [0.1, 0.15) is 65.2 Å². The summed E-state index contributed by atoms with van der Waals surface area (Å²) in [5, 5.41) is 6.88. The van der Waals surface area contributed by atoms with Crippen molar-refractivity contribution in [3.63, 3.8) is 0 Å². The van der Waals surface area contributed by atoms with E-state index in [2.05, 4.69) is 34.4 Å². The molecule has 5 nitrogen and oxygen atoms in total. The van der Waals surface area contributed by atoms with Crippen molar-refractivity contribution in [2.75, 3.05) is 26.7 Å². The molecule has 138 valence electrons. The number of hydrogen-bond donors (Lipinski definition) is 2. The summed E-state index contributed by atoms with van der Waals surface area (Å²) < 4.78 is 0. The lowest BCUT2D eigenvalue weighted by Gasteiger charge is -2.26. The number of rotatable bonds is 6. The zero-order chi connectivity index (χ0) is 17.4. The maximum absolute atomic E-state index is 12.6. The number of nitrogens with one attached hydrogen (secondary N) is 2. The van der Waals surface area contributed by atoms with Gasteiger partial charge in [0.15, 0.2) is 5.96 Å². The fourth-order valence-corrected chi connectivity index (χ4v) is 3.79. The van der Waals surface area contributed by atoms with Gasteiger partial charge >= 0.3 is 0 Å². The number of guanidine groups is 1. The number of carbonyl (C=O) groups is 1. The van der Waals surface area contributed by atoms with Crippen LogP contribution in [0.3, 0.4) is 0 Å². The Morgan fingerprint density at radius 3 is 2.62 bits per heavy atom. The van der Waals surface area contributed by atoms with Crippen molar-refractivity contribution >= 4 is 11.9 Å². The van der Waals surface area contributed by atoms with Crippen molar-refractivity contribution in [1.29, 1.82) is 0 Å². The molecule has 2 fully saturated rings. The zero-order valence-corrected chi connectivity index (χ0v) is 15.8. The van der Waals surface area contributed by atoms with Gasteiger partial charge in [-0.15, -0.1) is 0 Å². The molecule has 1 saturated heterocycles. The minimum absolute atomic E-state index is 0.283. The molecule has 2 rings (SSSR count). The fourth-order valence-electron chi connectivity index (χ4n) is 3.79. The molecule has 1 aliphatic heterocycles. The molecule has 2 aliphatic rings. The molecular formula is C19H36N4O. The summed E-state index contributed by atoms with van der Waals surface area (Å²) >= 11 is 0. The number of carbonyl (C=O) groups excluding carboxylic acids is 1. The summed E-state index contributed by atoms with van der Waals surface area (Å²) in [7, 11) is 1.82. The Bertz CT molecular complexity index is 416. The van der Waals surface area contributed by atoms with Crippen LogP contribution >= 0.6 is 0 Å². The summed E-state index contributed by atoms with van der Waals surface area (Å²) in [6, 6.07) is 0.328. The largest absolute Gasteiger partial charge is 0.356 e. The number of likely N-dealkylation sites (tertiary alicyclic amines) is 1. The molecule has 0 aromatic rings. The van der Waals surface area contributed by atoms with Gasteiger partial charge in [0.05, 0.1) is 0 Å². The van der Waals surface area contributed by atoms with Crippen LogP contribution in [0.15, 0.2) is 4.99 Å². The predicted octanol–water partition coefficient (Wildman–Crippen LogP) is 2.77. The van der Waals surface area contributed by atoms with E-state index in [0.717, 1.165) is 57.2 Å². The Balaban J connectivity index is 1.70. The third kappa shape index (κ3) is 5.99. The maximum Gasteiger partial charge on any atom is 0.225 e. The van der Waals surface area contributed by atoms with Crippen LogP contribution in [0.4, 0.5) is 0 Å². The third-order valence-corrected chi connectivity index (χ3v) is 5.27. The highest BCUT2D eigenvalue weighted by Gasteiger charge is 2.31. The van der Waals surface area contributed by atoms with E-state index in [0.29, 0.717) is 11.9 Å². The van der Waals surface area contributed by atoms with Gasteiger partial charge in [0.2, 0.25) is 5.91 Å². The predicted molar refractivity (Wildman–Crippen MR) is 100 cm³/mol. The van der Waals surface area contributed by atoms with Gasteiger partial charge in [-0.25, -0.2) is 0 Å². The maximum atomic E-state index is 12.6. The average Bonchev–Trinajstić information content (AvgIpc) is 3.06. The summed E-state index contributed by atoms with van der Waals surface area (Å²) in [6.45, 7) is 7.17. The average molecular weight is 337 g/mol. The van der Waals surface area contributed by atoms with Crippen LogP contribution in [-0.2, 0) is 4.79 Å². The van der Waals surface area contributed by atoms with Crippen LogP contribution in [0.25, 0.3) is 0 Å². The monoisotopic (exact) mass is 336 g/mol. The summed E-state index contributed by atoms with van der Waals surface area (Å²) in [5.41, 5.74) is 0. The van der Waals surface area contributed by atoms with E-state index in [9.17, 15) is 4.79 Å². The Morgan fingerprint density at radius 2 is 1.96 bits per heavy atom. The van der Waals surface area contributed by atoms with E-state index in [1.165, 1.54) is 25.7 Å². The van der Waals surface area contributed by atoms with Crippen LogP contribution < -0.4 is 10.6 Å². The third-order valence-electron chi connectivity index (χ3n) is 5.27. The Labute approximate surface area is 147 Å². The van der Waals surface area contributed by atoms with E-state index in [1.54, 1.807) is 0 Å². The molecule has 1 aliphatic carbocycles. The van der Waals surface area contributed by atoms with Gasteiger partial charge in [-0.3, -0.25) is 9.79 Å². The topological polar surface area (TPSA) is 56.7 Å². The SMILES string of the molecule is CN=C(NCCCC(C)C)NC1CCN(C(=O)C2CCCCC2)C1. The second-order valence-corrected chi connectivity index (χ2v) is 7.78. The van der Waals surface area contributed by atoms with Gasteiger partial charge in [-0.05, 0) is 38.0 Å². The van der Waals surface area contributed by atoms with Crippen molar-refractivity contribution in [1.82, 2.24) is 15.5 Å². The van der Waals surface area contributed by atoms with Crippen LogP contribution in [-0.4, -0.2) is 49.5 Å². The molecule has 0 spiro atoms. The molecule has 1 saturated carbocycles. The molecule has 0 bridgehead atoms. The molecule has 1 atom stereocenters. The van der Waals surface area contributed by atoms with Gasteiger partial charge in [-0.2, -0.15) is 0 Å². The van der Waals surface area contributed by atoms with E-state index in [4.69, 9.17) is 0 Å². The van der Waals surface area contributed by atoms with Crippen LogP contribution in [0, 0.1) is 11.8 Å². The second kappa shape index (κ2) is 9.90. The minimum Gasteiger partial charge on any atom is -0.356 e. The van der Waals surface area contributed by atoms with Crippen molar-refractivity contribution in [3.05, 3.63) is 0 Å². The van der Waals surface area contributed by atoms with E-state index in [-0.39, 0.29) is 5.92 Å². The Hall–Kier alpha value is -1.26. The molecule has 5 heteroatoms. The molecule has 24 heavy (non-hydrogen) atoms. The highest BCUT2D eigenvalue weighted by Crippen LogP contribution is 2.26. The number of nitrogens with zero attached hydrogens (tertiary/aromatic N) is 2. The van der Waals surface area contributed by atoms with Crippen molar-refractivity contribution < 1.29 is 4.79 Å². The van der Waals surface area contributed by atoms with Crippen molar-refractivity contribution in [2.24, 2.45) is 16.8 Å². The number of hydrogen-bond acceptors (Lipinski definition) is 2. The zero-order valence-electron chi connectivity index (χ0n) is 15.8. The Morgan fingerprint density at radius 1 is 1.21 bits per heavy atom. The molecule has 1 amide bonds. The standard InChI is InChI=1S/C19H36N4O/c1-15(2)8-7-12-21-19(20-3)22-17-11-13-23(14-17)18(24)16-9-5-4-6-10-16/h15-17H,4-14H2,1-3H3,(H2,20,21,22). The second-order valence-electron chi connectivity index (χ2n) is 7.78. The van der Waals surface area contributed by atoms with E-state index >= 15 is 0 Å². The van der Waals surface area contributed by atoms with Crippen LogP contribution in [0.5, 0.6) is 0 Å². The van der Waals surface area contributed by atoms with Gasteiger partial charge in [0.1, 0.15) is 0 Å². The first-order valence-electron chi connectivity index (χ1n) is 9.86. The number of amides is 1. The molecule has 0 radical (unpaired) electrons. The Kier molecular flexibility index (Phi) is 7.86. The highest BCUT2D eigenvalue weighted by molar-refractivity contribution is 5.81. The van der Waals surface area contributed by atoms with Gasteiger partial charge in [0.25, 0.3) is 0 Å². The van der Waals surface area contributed by atoms with E-state index < -0.39 is 0 Å².